The molecule has 0 N–H and O–H groups in total. The molecule has 0 aliphatic heterocycles. The van der Waals surface area contributed by atoms with Gasteiger partial charge in [-0.2, -0.15) is 0 Å². The Balaban J connectivity index is 4.90. The standard InChI is InChI=1S/C6H10ClF2O4P/c1-3-12-5(10)6(7,13-4-2)14(8,9)11/h3-4H2,1-2H3. The van der Waals surface area contributed by atoms with Crippen molar-refractivity contribution in [2.75, 3.05) is 13.2 Å². The van der Waals surface area contributed by atoms with Crippen molar-refractivity contribution in [3.63, 3.8) is 0 Å². The van der Waals surface area contributed by atoms with Gasteiger partial charge in [-0.15, -0.1) is 8.39 Å². The number of carbonyl (C=O) groups is 1. The lowest BCUT2D eigenvalue weighted by atomic mass is 10.7. The van der Waals surface area contributed by atoms with Gasteiger partial charge in [0.05, 0.1) is 6.61 Å². The van der Waals surface area contributed by atoms with Crippen molar-refractivity contribution < 1.29 is 27.2 Å². The third-order valence-electron chi connectivity index (χ3n) is 1.20. The molecule has 1 unspecified atom stereocenters. The van der Waals surface area contributed by atoms with Crippen LogP contribution in [-0.4, -0.2) is 24.0 Å². The Bertz CT molecular complexity index is 256. The maximum absolute atomic E-state index is 12.5. The van der Waals surface area contributed by atoms with E-state index in [1.54, 1.807) is 0 Å². The van der Waals surface area contributed by atoms with Gasteiger partial charge in [-0.25, -0.2) is 9.36 Å². The zero-order valence-electron chi connectivity index (χ0n) is 7.63. The van der Waals surface area contributed by atoms with Crippen LogP contribution in [0.15, 0.2) is 0 Å². The summed E-state index contributed by atoms with van der Waals surface area (Å²) in [6.07, 6.45) is 0. The number of ether oxygens (including phenoxy) is 2. The van der Waals surface area contributed by atoms with Gasteiger partial charge in [-0.1, -0.05) is 11.6 Å². The van der Waals surface area contributed by atoms with E-state index in [4.69, 9.17) is 11.6 Å². The summed E-state index contributed by atoms with van der Waals surface area (Å²) < 4.78 is 44.0. The van der Waals surface area contributed by atoms with Crippen molar-refractivity contribution in [2.45, 2.75) is 18.6 Å². The Labute approximate surface area is 85.1 Å². The van der Waals surface area contributed by atoms with E-state index >= 15 is 0 Å². The molecule has 4 nitrogen and oxygen atoms in total. The van der Waals surface area contributed by atoms with Gasteiger partial charge >= 0.3 is 18.5 Å². The molecule has 0 rings (SSSR count). The normalized spacial score (nSPS) is 16.1. The molecule has 0 aromatic carbocycles. The van der Waals surface area contributed by atoms with E-state index in [2.05, 4.69) is 9.47 Å². The summed E-state index contributed by atoms with van der Waals surface area (Å²) in [5.74, 6) is -1.53. The van der Waals surface area contributed by atoms with Gasteiger partial charge < -0.3 is 9.47 Å². The van der Waals surface area contributed by atoms with Crippen molar-refractivity contribution >= 4 is 25.3 Å². The first kappa shape index (κ1) is 13.8. The lowest BCUT2D eigenvalue weighted by Gasteiger charge is -2.22. The highest BCUT2D eigenvalue weighted by Crippen LogP contribution is 2.64. The minimum absolute atomic E-state index is 0.152. The number of hydrogen-bond acceptors (Lipinski definition) is 4. The van der Waals surface area contributed by atoms with Crippen LogP contribution in [0.4, 0.5) is 8.39 Å². The highest BCUT2D eigenvalue weighted by atomic mass is 35.5. The Kier molecular flexibility index (Phi) is 4.98. The van der Waals surface area contributed by atoms with Crippen LogP contribution < -0.4 is 0 Å². The second kappa shape index (κ2) is 5.05. The monoisotopic (exact) mass is 250 g/mol. The third kappa shape index (κ3) is 2.90. The summed E-state index contributed by atoms with van der Waals surface area (Å²) in [6, 6.07) is 0. The highest BCUT2D eigenvalue weighted by molar-refractivity contribution is 7.58. The first-order valence-corrected chi connectivity index (χ1v) is 5.65. The van der Waals surface area contributed by atoms with Crippen molar-refractivity contribution in [1.29, 1.82) is 0 Å². The van der Waals surface area contributed by atoms with Crippen LogP contribution in [0.25, 0.3) is 0 Å². The quantitative estimate of drug-likeness (QED) is 0.428. The van der Waals surface area contributed by atoms with Crippen LogP contribution in [0.5, 0.6) is 0 Å². The molecular formula is C6H10ClF2O4P. The van der Waals surface area contributed by atoms with Crippen LogP contribution in [0.3, 0.4) is 0 Å². The second-order valence-corrected chi connectivity index (χ2v) is 4.53. The zero-order chi connectivity index (χ0) is 11.4. The smallest absolute Gasteiger partial charge is 0.461 e. The fourth-order valence-corrected chi connectivity index (χ4v) is 1.37. The van der Waals surface area contributed by atoms with Crippen molar-refractivity contribution in [3.8, 4) is 0 Å². The summed E-state index contributed by atoms with van der Waals surface area (Å²) in [5.41, 5.74) is 0. The molecule has 14 heavy (non-hydrogen) atoms. The van der Waals surface area contributed by atoms with Gasteiger partial charge in [-0.3, -0.25) is 0 Å². The largest absolute Gasteiger partial charge is 0.462 e. The SMILES string of the molecule is CCOC(=O)C(Cl)(OCC)P(=O)(F)F. The number of rotatable bonds is 5. The highest BCUT2D eigenvalue weighted by Gasteiger charge is 2.58. The summed E-state index contributed by atoms with van der Waals surface area (Å²) in [5, 5.41) is 0. The van der Waals surface area contributed by atoms with E-state index in [-0.39, 0.29) is 13.2 Å². The lowest BCUT2D eigenvalue weighted by molar-refractivity contribution is -0.154. The summed E-state index contributed by atoms with van der Waals surface area (Å²) in [4.78, 5) is 7.80. The van der Waals surface area contributed by atoms with Crippen molar-refractivity contribution in [1.82, 2.24) is 0 Å². The number of alkyl halides is 1. The average molecular weight is 251 g/mol. The van der Waals surface area contributed by atoms with E-state index in [0.29, 0.717) is 0 Å². The van der Waals surface area contributed by atoms with E-state index < -0.39 is 18.5 Å². The number of halogens is 3. The second-order valence-electron chi connectivity index (χ2n) is 2.18. The Hall–Kier alpha value is -0.190. The lowest BCUT2D eigenvalue weighted by Crippen LogP contribution is -2.35. The zero-order valence-corrected chi connectivity index (χ0v) is 9.28. The summed E-state index contributed by atoms with van der Waals surface area (Å²) >= 11 is 5.13. The number of hydrogen-bond donors (Lipinski definition) is 0. The molecule has 0 saturated heterocycles. The first-order valence-electron chi connectivity index (χ1n) is 3.79. The average Bonchev–Trinajstić information content (AvgIpc) is 2.03. The molecule has 0 aromatic heterocycles. The van der Waals surface area contributed by atoms with Crippen LogP contribution in [0.2, 0.25) is 0 Å². The van der Waals surface area contributed by atoms with Crippen LogP contribution in [0, 0.1) is 0 Å². The van der Waals surface area contributed by atoms with Crippen LogP contribution >= 0.6 is 19.4 Å². The number of carbonyl (C=O) groups excluding carboxylic acids is 1. The molecule has 0 amide bonds. The Morgan fingerprint density at radius 2 is 1.93 bits per heavy atom. The molecule has 8 heteroatoms. The molecule has 0 aliphatic rings. The van der Waals surface area contributed by atoms with Crippen molar-refractivity contribution in [2.24, 2.45) is 0 Å². The third-order valence-corrected chi connectivity index (χ3v) is 3.03. The molecule has 0 radical (unpaired) electrons. The summed E-state index contributed by atoms with van der Waals surface area (Å²) in [6.45, 7) is 2.31. The molecule has 84 valence electrons. The predicted octanol–water partition coefficient (Wildman–Crippen LogP) is 2.61. The molecule has 0 aromatic rings. The minimum Gasteiger partial charge on any atom is -0.462 e. The molecule has 0 aliphatic carbocycles. The van der Waals surface area contributed by atoms with E-state index in [1.807, 2.05) is 0 Å². The van der Waals surface area contributed by atoms with Gasteiger partial charge in [0, 0.05) is 6.61 Å². The van der Waals surface area contributed by atoms with Gasteiger partial charge in [0.1, 0.15) is 0 Å². The fraction of sp³-hybridized carbons (Fsp3) is 0.833. The molecule has 0 spiro atoms. The van der Waals surface area contributed by atoms with E-state index in [9.17, 15) is 17.8 Å². The van der Waals surface area contributed by atoms with Gasteiger partial charge in [-0.05, 0) is 13.8 Å². The molecule has 0 heterocycles. The Morgan fingerprint density at radius 3 is 2.21 bits per heavy atom. The topological polar surface area (TPSA) is 52.6 Å². The van der Waals surface area contributed by atoms with E-state index in [0.717, 1.165) is 0 Å². The van der Waals surface area contributed by atoms with Gasteiger partial charge in [0.15, 0.2) is 0 Å². The Morgan fingerprint density at radius 1 is 1.43 bits per heavy atom. The minimum atomic E-state index is -5.92. The molecule has 0 bridgehead atoms. The molecule has 0 saturated carbocycles. The van der Waals surface area contributed by atoms with E-state index in [1.165, 1.54) is 13.8 Å². The van der Waals surface area contributed by atoms with Gasteiger partial charge in [0.2, 0.25) is 0 Å². The number of esters is 1. The predicted molar refractivity (Wildman–Crippen MR) is 46.7 cm³/mol. The maximum Gasteiger partial charge on any atom is 0.461 e. The molecule has 0 fully saturated rings. The van der Waals surface area contributed by atoms with Crippen LogP contribution in [0.1, 0.15) is 13.8 Å². The summed E-state index contributed by atoms with van der Waals surface area (Å²) in [7, 11) is -5.92. The molecular weight excluding hydrogens is 240 g/mol. The maximum atomic E-state index is 12.5. The van der Waals surface area contributed by atoms with Crippen molar-refractivity contribution in [3.05, 3.63) is 0 Å². The first-order chi connectivity index (χ1) is 6.29. The fourth-order valence-electron chi connectivity index (χ4n) is 0.652. The van der Waals surface area contributed by atoms with Crippen LogP contribution in [-0.2, 0) is 18.8 Å². The molecule has 1 atom stereocenters. The van der Waals surface area contributed by atoms with Gasteiger partial charge in [0.25, 0.3) is 0 Å².